The zero-order valence-electron chi connectivity index (χ0n) is 16.3. The molecule has 2 aromatic rings. The maximum absolute atomic E-state index is 12.3. The van der Waals surface area contributed by atoms with Gasteiger partial charge in [-0.05, 0) is 38.1 Å². The van der Waals surface area contributed by atoms with Gasteiger partial charge in [0.1, 0.15) is 12.4 Å². The molecule has 1 fully saturated rings. The van der Waals surface area contributed by atoms with Crippen LogP contribution in [0.5, 0.6) is 0 Å². The Labute approximate surface area is 166 Å². The molecule has 0 spiro atoms. The van der Waals surface area contributed by atoms with E-state index >= 15 is 0 Å². The average Bonchev–Trinajstić information content (AvgIpc) is 3.08. The van der Waals surface area contributed by atoms with Crippen molar-refractivity contribution in [2.24, 2.45) is 0 Å². The Morgan fingerprint density at radius 2 is 1.72 bits per heavy atom. The van der Waals surface area contributed by atoms with Gasteiger partial charge < -0.3 is 24.8 Å². The molecule has 7 nitrogen and oxygen atoms in total. The third-order valence-corrected chi connectivity index (χ3v) is 4.64. The smallest absolute Gasteiger partial charge is 0.354 e. The zero-order valence-corrected chi connectivity index (χ0v) is 16.3. The first-order valence-electron chi connectivity index (χ1n) is 9.40. The Kier molecular flexibility index (Phi) is 5.90. The van der Waals surface area contributed by atoms with E-state index in [1.54, 1.807) is 15.4 Å². The van der Waals surface area contributed by atoms with Crippen LogP contribution in [0.3, 0.4) is 0 Å². The van der Waals surface area contributed by atoms with Crippen molar-refractivity contribution in [1.82, 2.24) is 19.9 Å². The third-order valence-electron chi connectivity index (χ3n) is 4.64. The molecule has 158 valence electrons. The van der Waals surface area contributed by atoms with E-state index in [9.17, 15) is 22.8 Å². The highest BCUT2D eigenvalue weighted by molar-refractivity contribution is 5.94. The maximum atomic E-state index is 12.3. The van der Waals surface area contributed by atoms with Crippen LogP contribution in [-0.4, -0.2) is 66.2 Å². The van der Waals surface area contributed by atoms with E-state index in [0.717, 1.165) is 11.3 Å². The van der Waals surface area contributed by atoms with E-state index in [1.165, 1.54) is 12.3 Å². The van der Waals surface area contributed by atoms with Gasteiger partial charge in [-0.3, -0.25) is 4.79 Å². The number of piperazine rings is 1. The van der Waals surface area contributed by atoms with E-state index in [-0.39, 0.29) is 17.6 Å². The zero-order chi connectivity index (χ0) is 21.2. The summed E-state index contributed by atoms with van der Waals surface area (Å²) in [6.45, 7) is 4.77. The molecule has 0 atom stereocenters. The highest BCUT2D eigenvalue weighted by atomic mass is 19.4. The number of hydrogen-bond donors (Lipinski definition) is 2. The van der Waals surface area contributed by atoms with Crippen molar-refractivity contribution < 1.29 is 22.8 Å². The van der Waals surface area contributed by atoms with Crippen molar-refractivity contribution in [3.05, 3.63) is 36.0 Å². The lowest BCUT2D eigenvalue weighted by atomic mass is 10.2. The first-order chi connectivity index (χ1) is 13.6. The van der Waals surface area contributed by atoms with Gasteiger partial charge in [0.15, 0.2) is 0 Å². The quantitative estimate of drug-likeness (QED) is 0.812. The van der Waals surface area contributed by atoms with E-state index in [2.05, 4.69) is 10.2 Å². The van der Waals surface area contributed by atoms with E-state index in [1.807, 2.05) is 31.3 Å². The Hall–Kier alpha value is -2.91. The number of hydrogen-bond acceptors (Lipinski definition) is 3. The van der Waals surface area contributed by atoms with Gasteiger partial charge in [-0.15, -0.1) is 0 Å². The summed E-state index contributed by atoms with van der Waals surface area (Å²) in [6, 6.07) is 6.94. The molecule has 2 aromatic heterocycles. The first kappa shape index (κ1) is 20.8. The fraction of sp³-hybridized carbons (Fsp3) is 0.474. The van der Waals surface area contributed by atoms with Crippen molar-refractivity contribution in [1.29, 1.82) is 0 Å². The van der Waals surface area contributed by atoms with Crippen molar-refractivity contribution in [2.45, 2.75) is 26.1 Å². The Morgan fingerprint density at radius 1 is 1.07 bits per heavy atom. The molecule has 3 rings (SSSR count). The van der Waals surface area contributed by atoms with Crippen molar-refractivity contribution in [2.75, 3.05) is 37.6 Å². The normalized spacial score (nSPS) is 15.1. The fourth-order valence-electron chi connectivity index (χ4n) is 3.24. The van der Waals surface area contributed by atoms with Gasteiger partial charge in [-0.1, -0.05) is 0 Å². The number of carbonyl (C=O) groups is 2. The second-order valence-electron chi connectivity index (χ2n) is 7.28. The second-order valence-corrected chi connectivity index (χ2v) is 7.28. The van der Waals surface area contributed by atoms with Crippen LogP contribution in [0.4, 0.5) is 23.8 Å². The summed E-state index contributed by atoms with van der Waals surface area (Å²) in [6.07, 6.45) is -2.92. The SMILES string of the molecule is CC(C)NC(=O)N1CCN(c2ccc3ccc(C(=O)NCC(F)(F)F)cn23)CC1. The minimum Gasteiger partial charge on any atom is -0.354 e. The molecule has 0 bridgehead atoms. The van der Waals surface area contributed by atoms with E-state index < -0.39 is 18.6 Å². The number of urea groups is 1. The molecule has 0 saturated carbocycles. The number of fused-ring (bicyclic) bond motifs is 1. The molecular formula is C19H24F3N5O2. The maximum Gasteiger partial charge on any atom is 0.405 e. The number of nitrogens with zero attached hydrogens (tertiary/aromatic N) is 3. The van der Waals surface area contributed by atoms with Crippen LogP contribution in [0.15, 0.2) is 30.5 Å². The minimum absolute atomic E-state index is 0.0667. The summed E-state index contributed by atoms with van der Waals surface area (Å²) >= 11 is 0. The Bertz CT molecular complexity index is 886. The lowest BCUT2D eigenvalue weighted by Gasteiger charge is -2.36. The van der Waals surface area contributed by atoms with Crippen LogP contribution in [0.1, 0.15) is 24.2 Å². The van der Waals surface area contributed by atoms with Crippen LogP contribution in [0.2, 0.25) is 0 Å². The van der Waals surface area contributed by atoms with Crippen LogP contribution in [0.25, 0.3) is 5.52 Å². The lowest BCUT2D eigenvalue weighted by molar-refractivity contribution is -0.123. The Morgan fingerprint density at radius 3 is 2.34 bits per heavy atom. The second kappa shape index (κ2) is 8.22. The molecule has 2 N–H and O–H groups in total. The van der Waals surface area contributed by atoms with Gasteiger partial charge in [0.25, 0.3) is 5.91 Å². The van der Waals surface area contributed by atoms with Crippen LogP contribution in [0, 0.1) is 0 Å². The standard InChI is InChI=1S/C19H24F3N5O2/c1-13(2)24-18(29)26-9-7-25(8-10-26)16-6-5-15-4-3-14(11-27(15)16)17(28)23-12-19(20,21)22/h3-6,11,13H,7-10,12H2,1-2H3,(H,23,28)(H,24,29). The van der Waals surface area contributed by atoms with Crippen LogP contribution in [-0.2, 0) is 0 Å². The monoisotopic (exact) mass is 411 g/mol. The molecule has 0 aromatic carbocycles. The van der Waals surface area contributed by atoms with Gasteiger partial charge in [-0.2, -0.15) is 13.2 Å². The van der Waals surface area contributed by atoms with Crippen LogP contribution >= 0.6 is 0 Å². The molecular weight excluding hydrogens is 387 g/mol. The third kappa shape index (κ3) is 5.12. The fourth-order valence-corrected chi connectivity index (χ4v) is 3.24. The molecule has 0 unspecified atom stereocenters. The number of anilines is 1. The predicted molar refractivity (Wildman–Crippen MR) is 103 cm³/mol. The molecule has 1 aliphatic heterocycles. The highest BCUT2D eigenvalue weighted by Gasteiger charge is 2.28. The average molecular weight is 411 g/mol. The van der Waals surface area contributed by atoms with Gasteiger partial charge >= 0.3 is 12.2 Å². The molecule has 0 aliphatic carbocycles. The number of carbonyl (C=O) groups excluding carboxylic acids is 2. The number of alkyl halides is 3. The summed E-state index contributed by atoms with van der Waals surface area (Å²) in [4.78, 5) is 28.0. The van der Waals surface area contributed by atoms with Crippen molar-refractivity contribution in [3.8, 4) is 0 Å². The van der Waals surface area contributed by atoms with Gasteiger partial charge in [-0.25, -0.2) is 4.79 Å². The molecule has 3 heterocycles. The molecule has 0 radical (unpaired) electrons. The molecule has 1 saturated heterocycles. The molecule has 3 amide bonds. The predicted octanol–water partition coefficient (Wildman–Crippen LogP) is 2.47. The van der Waals surface area contributed by atoms with Crippen molar-refractivity contribution >= 4 is 23.3 Å². The van der Waals surface area contributed by atoms with Crippen molar-refractivity contribution in [3.63, 3.8) is 0 Å². The van der Waals surface area contributed by atoms with Gasteiger partial charge in [0.2, 0.25) is 0 Å². The summed E-state index contributed by atoms with van der Waals surface area (Å²) < 4.78 is 38.8. The van der Waals surface area contributed by atoms with Crippen LogP contribution < -0.4 is 15.5 Å². The Balaban J connectivity index is 1.71. The molecule has 29 heavy (non-hydrogen) atoms. The van der Waals surface area contributed by atoms with E-state index in [0.29, 0.717) is 26.2 Å². The number of rotatable bonds is 4. The molecule has 10 heteroatoms. The molecule has 1 aliphatic rings. The number of pyridine rings is 1. The van der Waals surface area contributed by atoms with Gasteiger partial charge in [0.05, 0.1) is 5.56 Å². The highest BCUT2D eigenvalue weighted by Crippen LogP contribution is 2.22. The summed E-state index contributed by atoms with van der Waals surface area (Å²) in [5.74, 6) is 0.0495. The number of nitrogens with one attached hydrogen (secondary N) is 2. The van der Waals surface area contributed by atoms with Gasteiger partial charge in [0, 0.05) is 43.9 Å². The first-order valence-corrected chi connectivity index (χ1v) is 9.40. The number of aromatic nitrogens is 1. The minimum atomic E-state index is -4.46. The lowest BCUT2D eigenvalue weighted by Crippen LogP contribution is -2.53. The summed E-state index contributed by atoms with van der Waals surface area (Å²) in [5, 5.41) is 4.76. The summed E-state index contributed by atoms with van der Waals surface area (Å²) in [7, 11) is 0. The largest absolute Gasteiger partial charge is 0.405 e. The number of halogens is 3. The number of amides is 3. The van der Waals surface area contributed by atoms with E-state index in [4.69, 9.17) is 0 Å². The summed E-state index contributed by atoms with van der Waals surface area (Å²) in [5.41, 5.74) is 0.974. The topological polar surface area (TPSA) is 69.1 Å².